The van der Waals surface area contributed by atoms with Crippen molar-refractivity contribution in [2.75, 3.05) is 38.0 Å². The third kappa shape index (κ3) is 4.53. The summed E-state index contributed by atoms with van der Waals surface area (Å²) in [6.07, 6.45) is 1.28. The number of nitrogens with zero attached hydrogens (tertiary/aromatic N) is 3. The summed E-state index contributed by atoms with van der Waals surface area (Å²) in [4.78, 5) is 18.8. The summed E-state index contributed by atoms with van der Waals surface area (Å²) in [6.45, 7) is 1.21. The number of ether oxygens (including phenoxy) is 2. The second-order valence-corrected chi connectivity index (χ2v) is 4.80. The molecule has 9 heteroatoms. The minimum Gasteiger partial charge on any atom is -0.497 e. The van der Waals surface area contributed by atoms with Crippen LogP contribution in [0.5, 0.6) is 5.75 Å². The van der Waals surface area contributed by atoms with E-state index >= 15 is 0 Å². The number of anilines is 2. The van der Waals surface area contributed by atoms with Crippen LogP contribution in [-0.2, 0) is 11.3 Å². The van der Waals surface area contributed by atoms with Gasteiger partial charge in [-0.3, -0.25) is 10.1 Å². The summed E-state index contributed by atoms with van der Waals surface area (Å²) >= 11 is 0. The first-order chi connectivity index (χ1) is 11.7. The van der Waals surface area contributed by atoms with Crippen molar-refractivity contribution in [2.45, 2.75) is 6.54 Å². The number of nitro groups is 1. The van der Waals surface area contributed by atoms with E-state index < -0.39 is 4.92 Å². The molecular weight excluding hydrogens is 314 g/mol. The lowest BCUT2D eigenvalue weighted by atomic mass is 10.2. The van der Waals surface area contributed by atoms with Gasteiger partial charge in [0.1, 0.15) is 12.1 Å². The van der Waals surface area contributed by atoms with Crippen LogP contribution in [0, 0.1) is 10.1 Å². The largest absolute Gasteiger partial charge is 0.497 e. The first-order valence-electron chi connectivity index (χ1n) is 7.24. The van der Waals surface area contributed by atoms with Crippen LogP contribution in [0.15, 0.2) is 30.6 Å². The maximum Gasteiger partial charge on any atom is 0.353 e. The molecule has 2 N–H and O–H groups in total. The predicted molar refractivity (Wildman–Crippen MR) is 89.4 cm³/mol. The van der Waals surface area contributed by atoms with Crippen LogP contribution in [0.25, 0.3) is 0 Å². The van der Waals surface area contributed by atoms with Gasteiger partial charge < -0.3 is 20.1 Å². The molecule has 0 saturated heterocycles. The maximum atomic E-state index is 11.4. The van der Waals surface area contributed by atoms with E-state index in [1.165, 1.54) is 6.33 Å². The van der Waals surface area contributed by atoms with Crippen molar-refractivity contribution in [3.63, 3.8) is 0 Å². The molecule has 1 heterocycles. The van der Waals surface area contributed by atoms with Crippen LogP contribution in [-0.4, -0.2) is 42.3 Å². The van der Waals surface area contributed by atoms with Gasteiger partial charge in [-0.25, -0.2) is 9.97 Å². The Bertz CT molecular complexity index is 678. The lowest BCUT2D eigenvalue weighted by Crippen LogP contribution is -2.13. The number of benzene rings is 1. The van der Waals surface area contributed by atoms with Crippen molar-refractivity contribution >= 4 is 17.3 Å². The molecule has 0 saturated carbocycles. The summed E-state index contributed by atoms with van der Waals surface area (Å²) in [5.41, 5.74) is 0.750. The topological polar surface area (TPSA) is 111 Å². The zero-order valence-electron chi connectivity index (χ0n) is 13.5. The van der Waals surface area contributed by atoms with E-state index in [9.17, 15) is 10.1 Å². The number of hydrogen-bond donors (Lipinski definition) is 2. The van der Waals surface area contributed by atoms with Crippen molar-refractivity contribution in [2.24, 2.45) is 0 Å². The fourth-order valence-corrected chi connectivity index (χ4v) is 2.01. The predicted octanol–water partition coefficient (Wildman–Crippen LogP) is 2.06. The molecule has 0 atom stereocenters. The van der Waals surface area contributed by atoms with Crippen molar-refractivity contribution in [3.05, 3.63) is 46.3 Å². The van der Waals surface area contributed by atoms with Crippen LogP contribution in [0.4, 0.5) is 17.3 Å². The summed E-state index contributed by atoms with van der Waals surface area (Å²) in [7, 11) is 3.15. The van der Waals surface area contributed by atoms with Crippen LogP contribution in [0.1, 0.15) is 5.56 Å². The van der Waals surface area contributed by atoms with Crippen molar-refractivity contribution in [1.29, 1.82) is 0 Å². The standard InChI is InChI=1S/C15H19N5O4/c1-23-8-7-16-14-13(20(21)22)15(19-10-18-14)17-9-11-3-5-12(24-2)6-4-11/h3-6,10H,7-9H2,1-2H3,(H2,16,17,18,19). The first kappa shape index (κ1) is 17.4. The van der Waals surface area contributed by atoms with E-state index in [2.05, 4.69) is 20.6 Å². The fraction of sp³-hybridized carbons (Fsp3) is 0.333. The number of rotatable bonds is 9. The highest BCUT2D eigenvalue weighted by molar-refractivity contribution is 5.69. The molecule has 0 spiro atoms. The molecule has 9 nitrogen and oxygen atoms in total. The van der Waals surface area contributed by atoms with Crippen LogP contribution in [0.3, 0.4) is 0 Å². The smallest absolute Gasteiger partial charge is 0.353 e. The van der Waals surface area contributed by atoms with Gasteiger partial charge in [-0.1, -0.05) is 12.1 Å². The molecule has 0 bridgehead atoms. The van der Waals surface area contributed by atoms with Crippen LogP contribution < -0.4 is 15.4 Å². The van der Waals surface area contributed by atoms with Crippen molar-refractivity contribution in [3.8, 4) is 5.75 Å². The second kappa shape index (κ2) is 8.63. The van der Waals surface area contributed by atoms with Gasteiger partial charge in [-0.05, 0) is 17.7 Å². The number of nitrogens with one attached hydrogen (secondary N) is 2. The quantitative estimate of drug-likeness (QED) is 0.407. The normalized spacial score (nSPS) is 10.2. The van der Waals surface area contributed by atoms with Crippen molar-refractivity contribution in [1.82, 2.24) is 9.97 Å². The molecule has 128 valence electrons. The molecule has 0 aliphatic carbocycles. The van der Waals surface area contributed by atoms with Crippen LogP contribution in [0.2, 0.25) is 0 Å². The Morgan fingerprint density at radius 1 is 1.12 bits per heavy atom. The SMILES string of the molecule is COCCNc1ncnc(NCc2ccc(OC)cc2)c1[N+](=O)[O-]. The Morgan fingerprint density at radius 3 is 2.38 bits per heavy atom. The molecule has 2 aromatic rings. The summed E-state index contributed by atoms with van der Waals surface area (Å²) in [5.74, 6) is 1.06. The lowest BCUT2D eigenvalue weighted by Gasteiger charge is -2.10. The van der Waals surface area contributed by atoms with Gasteiger partial charge in [-0.2, -0.15) is 0 Å². The molecular formula is C15H19N5O4. The molecule has 24 heavy (non-hydrogen) atoms. The minimum atomic E-state index is -0.508. The van der Waals surface area contributed by atoms with E-state index in [1.54, 1.807) is 14.2 Å². The fourth-order valence-electron chi connectivity index (χ4n) is 2.01. The van der Waals surface area contributed by atoms with E-state index in [0.29, 0.717) is 19.7 Å². The number of hydrogen-bond acceptors (Lipinski definition) is 8. The zero-order valence-corrected chi connectivity index (χ0v) is 13.5. The van der Waals surface area contributed by atoms with Gasteiger partial charge in [0.05, 0.1) is 18.6 Å². The third-order valence-corrected chi connectivity index (χ3v) is 3.22. The molecule has 0 amide bonds. The van der Waals surface area contributed by atoms with Crippen molar-refractivity contribution < 1.29 is 14.4 Å². The monoisotopic (exact) mass is 333 g/mol. The molecule has 0 aliphatic rings. The number of aromatic nitrogens is 2. The van der Waals surface area contributed by atoms with Gasteiger partial charge in [0, 0.05) is 20.2 Å². The van der Waals surface area contributed by atoms with Gasteiger partial charge >= 0.3 is 5.69 Å². The third-order valence-electron chi connectivity index (χ3n) is 3.22. The molecule has 2 rings (SSSR count). The molecule has 0 radical (unpaired) electrons. The Kier molecular flexibility index (Phi) is 6.26. The number of methoxy groups -OCH3 is 2. The first-order valence-corrected chi connectivity index (χ1v) is 7.24. The zero-order chi connectivity index (χ0) is 17.4. The molecule has 0 aliphatic heterocycles. The highest BCUT2D eigenvalue weighted by atomic mass is 16.6. The van der Waals surface area contributed by atoms with E-state index in [1.807, 2.05) is 24.3 Å². The van der Waals surface area contributed by atoms with E-state index in [-0.39, 0.29) is 17.3 Å². The molecule has 0 fully saturated rings. The Balaban J connectivity index is 2.13. The summed E-state index contributed by atoms with van der Waals surface area (Å²) < 4.78 is 10.0. The molecule has 0 unspecified atom stereocenters. The Hall–Kier alpha value is -2.94. The highest BCUT2D eigenvalue weighted by Gasteiger charge is 2.22. The summed E-state index contributed by atoms with van der Waals surface area (Å²) in [5, 5.41) is 17.2. The minimum absolute atomic E-state index is 0.157. The molecule has 1 aromatic heterocycles. The van der Waals surface area contributed by atoms with Crippen LogP contribution >= 0.6 is 0 Å². The van der Waals surface area contributed by atoms with Gasteiger partial charge in [-0.15, -0.1) is 0 Å². The summed E-state index contributed by atoms with van der Waals surface area (Å²) in [6, 6.07) is 7.39. The average molecular weight is 333 g/mol. The average Bonchev–Trinajstić information content (AvgIpc) is 2.60. The molecule has 1 aromatic carbocycles. The van der Waals surface area contributed by atoms with Gasteiger partial charge in [0.15, 0.2) is 0 Å². The Labute approximate surface area is 139 Å². The maximum absolute atomic E-state index is 11.4. The van der Waals surface area contributed by atoms with E-state index in [0.717, 1.165) is 11.3 Å². The highest BCUT2D eigenvalue weighted by Crippen LogP contribution is 2.29. The van der Waals surface area contributed by atoms with Gasteiger partial charge in [0.2, 0.25) is 11.6 Å². The Morgan fingerprint density at radius 2 is 1.79 bits per heavy atom. The van der Waals surface area contributed by atoms with Gasteiger partial charge in [0.25, 0.3) is 0 Å². The van der Waals surface area contributed by atoms with E-state index in [4.69, 9.17) is 9.47 Å². The lowest BCUT2D eigenvalue weighted by molar-refractivity contribution is -0.383. The second-order valence-electron chi connectivity index (χ2n) is 4.80.